The van der Waals surface area contributed by atoms with Gasteiger partial charge >= 0.3 is 0 Å². The summed E-state index contributed by atoms with van der Waals surface area (Å²) in [6.07, 6.45) is 4.83. The maximum atomic E-state index is 14.2. The number of nitrogens with zero attached hydrogens (tertiary/aromatic N) is 3. The minimum absolute atomic E-state index is 0.107. The molecule has 34 heavy (non-hydrogen) atoms. The highest BCUT2D eigenvalue weighted by Crippen LogP contribution is 2.38. The minimum Gasteiger partial charge on any atom is -0.354 e. The van der Waals surface area contributed by atoms with Crippen LogP contribution in [0, 0.1) is 5.92 Å². The van der Waals surface area contributed by atoms with Gasteiger partial charge in [0, 0.05) is 29.2 Å². The van der Waals surface area contributed by atoms with Crippen molar-refractivity contribution in [3.05, 3.63) is 76.9 Å². The van der Waals surface area contributed by atoms with E-state index in [1.54, 1.807) is 16.2 Å². The first-order chi connectivity index (χ1) is 16.4. The second-order valence-corrected chi connectivity index (χ2v) is 10.6. The summed E-state index contributed by atoms with van der Waals surface area (Å²) < 4.78 is 4.04. The van der Waals surface area contributed by atoms with E-state index in [0.29, 0.717) is 31.2 Å². The molecular formula is C27H30N4O2S. The van der Waals surface area contributed by atoms with Crippen LogP contribution >= 0.6 is 11.3 Å². The Kier molecular flexibility index (Phi) is 5.81. The first-order valence-electron chi connectivity index (χ1n) is 11.8. The van der Waals surface area contributed by atoms with Gasteiger partial charge in [0.1, 0.15) is 11.2 Å². The van der Waals surface area contributed by atoms with Crippen LogP contribution in [0.25, 0.3) is 16.6 Å². The Labute approximate surface area is 203 Å². The summed E-state index contributed by atoms with van der Waals surface area (Å²) >= 11 is 1.60. The maximum absolute atomic E-state index is 14.2. The number of thiophene rings is 1. The normalized spacial score (nSPS) is 18.0. The smallest absolute Gasteiger partial charge is 0.273 e. The van der Waals surface area contributed by atoms with Gasteiger partial charge in [-0.3, -0.25) is 9.59 Å². The highest BCUT2D eigenvalue weighted by Gasteiger charge is 2.49. The van der Waals surface area contributed by atoms with Gasteiger partial charge in [-0.1, -0.05) is 38.1 Å². The van der Waals surface area contributed by atoms with Gasteiger partial charge in [0.25, 0.3) is 5.91 Å². The van der Waals surface area contributed by atoms with Gasteiger partial charge in [-0.05, 0) is 48.9 Å². The molecule has 1 N–H and O–H groups in total. The van der Waals surface area contributed by atoms with Crippen molar-refractivity contribution in [2.75, 3.05) is 6.54 Å². The van der Waals surface area contributed by atoms with E-state index in [2.05, 4.69) is 19.2 Å². The van der Waals surface area contributed by atoms with Crippen LogP contribution in [0.2, 0.25) is 0 Å². The first-order valence-corrected chi connectivity index (χ1v) is 12.7. The summed E-state index contributed by atoms with van der Waals surface area (Å²) in [6, 6.07) is 16.0. The summed E-state index contributed by atoms with van der Waals surface area (Å²) in [7, 11) is 0. The SMILES string of the molecule is CC(C)CCNC(=O)[C@]1(C)Cn2c(c(-n3cccc3)c3ccccc32)C(=O)N1Cc1cccs1. The van der Waals surface area contributed by atoms with Crippen molar-refractivity contribution >= 4 is 34.1 Å². The van der Waals surface area contributed by atoms with Crippen LogP contribution in [0.4, 0.5) is 0 Å². The highest BCUT2D eigenvalue weighted by atomic mass is 32.1. The summed E-state index contributed by atoms with van der Waals surface area (Å²) in [5, 5.41) is 6.13. The van der Waals surface area contributed by atoms with E-state index >= 15 is 0 Å². The van der Waals surface area contributed by atoms with E-state index in [0.717, 1.165) is 27.9 Å². The quantitative estimate of drug-likeness (QED) is 0.407. The van der Waals surface area contributed by atoms with Gasteiger partial charge in [-0.15, -0.1) is 11.3 Å². The zero-order chi connectivity index (χ0) is 23.9. The lowest BCUT2D eigenvalue weighted by molar-refractivity contribution is -0.133. The fourth-order valence-corrected chi connectivity index (χ4v) is 5.51. The molecule has 5 rings (SSSR count). The third kappa shape index (κ3) is 3.74. The monoisotopic (exact) mass is 474 g/mol. The Hall–Kier alpha value is -3.32. The molecule has 0 radical (unpaired) electrons. The van der Waals surface area contributed by atoms with Crippen LogP contribution in [-0.4, -0.2) is 37.9 Å². The highest BCUT2D eigenvalue weighted by molar-refractivity contribution is 7.09. The van der Waals surface area contributed by atoms with Crippen molar-refractivity contribution in [1.29, 1.82) is 0 Å². The molecule has 4 aromatic rings. The molecule has 0 spiro atoms. The number of aromatic nitrogens is 2. The lowest BCUT2D eigenvalue weighted by Gasteiger charge is -2.44. The van der Waals surface area contributed by atoms with Crippen LogP contribution in [0.5, 0.6) is 0 Å². The van der Waals surface area contributed by atoms with E-state index in [-0.39, 0.29) is 11.8 Å². The second kappa shape index (κ2) is 8.80. The van der Waals surface area contributed by atoms with Crippen LogP contribution in [0.15, 0.2) is 66.3 Å². The van der Waals surface area contributed by atoms with Gasteiger partial charge in [-0.25, -0.2) is 0 Å². The predicted octanol–water partition coefficient (Wildman–Crippen LogP) is 5.07. The molecule has 6 nitrogen and oxygen atoms in total. The third-order valence-electron chi connectivity index (χ3n) is 6.71. The van der Waals surface area contributed by atoms with Crippen molar-refractivity contribution in [3.63, 3.8) is 0 Å². The first kappa shape index (κ1) is 22.5. The van der Waals surface area contributed by atoms with Crippen LogP contribution < -0.4 is 5.32 Å². The molecule has 4 heterocycles. The number of para-hydroxylation sites is 1. The van der Waals surface area contributed by atoms with Crippen molar-refractivity contribution in [3.8, 4) is 5.69 Å². The average molecular weight is 475 g/mol. The number of amides is 2. The molecule has 3 aromatic heterocycles. The number of fused-ring (bicyclic) bond motifs is 3. The molecule has 1 atom stereocenters. The number of carbonyl (C=O) groups is 2. The Morgan fingerprint density at radius 1 is 1.12 bits per heavy atom. The number of nitrogens with one attached hydrogen (secondary N) is 1. The van der Waals surface area contributed by atoms with Crippen molar-refractivity contribution in [2.45, 2.75) is 45.8 Å². The molecule has 0 unspecified atom stereocenters. The molecule has 176 valence electrons. The Bertz CT molecular complexity index is 1320. The molecule has 0 aliphatic carbocycles. The number of hydrogen-bond acceptors (Lipinski definition) is 3. The summed E-state index contributed by atoms with van der Waals surface area (Å²) in [4.78, 5) is 30.7. The van der Waals surface area contributed by atoms with Crippen molar-refractivity contribution in [1.82, 2.24) is 19.4 Å². The zero-order valence-corrected chi connectivity index (χ0v) is 20.6. The fraction of sp³-hybridized carbons (Fsp3) is 0.333. The topological polar surface area (TPSA) is 59.3 Å². The van der Waals surface area contributed by atoms with Gasteiger partial charge in [0.15, 0.2) is 0 Å². The average Bonchev–Trinajstić information content (AvgIpc) is 3.57. The second-order valence-electron chi connectivity index (χ2n) is 9.57. The molecule has 7 heteroatoms. The number of benzene rings is 1. The minimum atomic E-state index is -1.01. The summed E-state index contributed by atoms with van der Waals surface area (Å²) in [6.45, 7) is 7.58. The van der Waals surface area contributed by atoms with Gasteiger partial charge in [0.2, 0.25) is 5.91 Å². The molecule has 0 saturated heterocycles. The molecular weight excluding hydrogens is 444 g/mol. The lowest BCUT2D eigenvalue weighted by Crippen LogP contribution is -2.63. The van der Waals surface area contributed by atoms with Crippen molar-refractivity contribution < 1.29 is 9.59 Å². The number of carbonyl (C=O) groups excluding carboxylic acids is 2. The summed E-state index contributed by atoms with van der Waals surface area (Å²) in [5.41, 5.74) is 1.44. The van der Waals surface area contributed by atoms with E-state index in [1.165, 1.54) is 0 Å². The molecule has 0 saturated carbocycles. The Balaban J connectivity index is 1.65. The standard InChI is InChI=1S/C27H30N4O2S/c1-19(2)12-13-28-26(33)27(3)18-30-22-11-5-4-10-21(22)23(29-14-6-7-15-29)24(30)25(32)31(27)17-20-9-8-16-34-20/h4-11,14-16,19H,12-13,17-18H2,1-3H3,(H,28,33)/t27-/m0/s1. The molecule has 0 fully saturated rings. The van der Waals surface area contributed by atoms with Crippen LogP contribution in [-0.2, 0) is 17.9 Å². The maximum Gasteiger partial charge on any atom is 0.273 e. The number of rotatable bonds is 7. The van der Waals surface area contributed by atoms with E-state index < -0.39 is 5.54 Å². The number of hydrogen-bond donors (Lipinski definition) is 1. The molecule has 1 aliphatic rings. The summed E-state index contributed by atoms with van der Waals surface area (Å²) in [5.74, 6) is 0.262. The van der Waals surface area contributed by atoms with E-state index in [9.17, 15) is 9.59 Å². The van der Waals surface area contributed by atoms with E-state index in [4.69, 9.17) is 0 Å². The van der Waals surface area contributed by atoms with Gasteiger partial charge in [-0.2, -0.15) is 0 Å². The van der Waals surface area contributed by atoms with Gasteiger partial charge in [0.05, 0.1) is 24.3 Å². The Morgan fingerprint density at radius 3 is 2.59 bits per heavy atom. The predicted molar refractivity (Wildman–Crippen MR) is 136 cm³/mol. The Morgan fingerprint density at radius 2 is 1.88 bits per heavy atom. The van der Waals surface area contributed by atoms with E-state index in [1.807, 2.05) is 82.4 Å². The molecule has 1 aromatic carbocycles. The van der Waals surface area contributed by atoms with Crippen LogP contribution in [0.1, 0.15) is 42.6 Å². The van der Waals surface area contributed by atoms with Gasteiger partial charge < -0.3 is 19.4 Å². The van der Waals surface area contributed by atoms with Crippen LogP contribution in [0.3, 0.4) is 0 Å². The lowest BCUT2D eigenvalue weighted by atomic mass is 9.94. The molecule has 1 aliphatic heterocycles. The third-order valence-corrected chi connectivity index (χ3v) is 7.57. The molecule has 0 bridgehead atoms. The molecule has 2 amide bonds. The van der Waals surface area contributed by atoms with Crippen molar-refractivity contribution in [2.24, 2.45) is 5.92 Å². The zero-order valence-electron chi connectivity index (χ0n) is 19.8. The fourth-order valence-electron chi connectivity index (χ4n) is 4.82. The largest absolute Gasteiger partial charge is 0.354 e.